The van der Waals surface area contributed by atoms with E-state index in [1.807, 2.05) is 6.92 Å². The molecule has 0 aliphatic carbocycles. The highest BCUT2D eigenvalue weighted by Gasteiger charge is 2.29. The molecule has 0 saturated carbocycles. The number of nitrogens with one attached hydrogen (secondary N) is 1. The molecule has 0 fully saturated rings. The van der Waals surface area contributed by atoms with Crippen molar-refractivity contribution in [3.8, 4) is 6.07 Å². The summed E-state index contributed by atoms with van der Waals surface area (Å²) in [4.78, 5) is 32.6. The highest BCUT2D eigenvalue weighted by molar-refractivity contribution is 7.19. The lowest BCUT2D eigenvalue weighted by molar-refractivity contribution is 0.0503. The van der Waals surface area contributed by atoms with Gasteiger partial charge >= 0.3 is 12.2 Å². The lowest BCUT2D eigenvalue weighted by Crippen LogP contribution is -2.40. The van der Waals surface area contributed by atoms with Gasteiger partial charge in [-0.05, 0) is 66.2 Å². The van der Waals surface area contributed by atoms with Crippen molar-refractivity contribution in [3.63, 3.8) is 0 Å². The second kappa shape index (κ2) is 11.6. The predicted octanol–water partition coefficient (Wildman–Crippen LogP) is 7.14. The maximum absolute atomic E-state index is 13.3. The van der Waals surface area contributed by atoms with Crippen LogP contribution in [0.2, 0.25) is 5.15 Å². The number of fused-ring (bicyclic) bond motifs is 1. The normalized spacial score (nSPS) is 12.6. The highest BCUT2D eigenvalue weighted by Crippen LogP contribution is 2.40. The van der Waals surface area contributed by atoms with Crippen LogP contribution in [0.25, 0.3) is 10.2 Å². The molecule has 9 nitrogen and oxygen atoms in total. The zero-order valence-electron chi connectivity index (χ0n) is 22.7. The van der Waals surface area contributed by atoms with Crippen molar-refractivity contribution >= 4 is 51.0 Å². The van der Waals surface area contributed by atoms with Crippen LogP contribution in [0.1, 0.15) is 64.2 Å². The minimum absolute atomic E-state index is 0.0937. The number of halogens is 1. The summed E-state index contributed by atoms with van der Waals surface area (Å²) < 4.78 is 17.3. The van der Waals surface area contributed by atoms with E-state index in [4.69, 9.17) is 25.5 Å². The minimum atomic E-state index is -0.719. The SMILES string of the molecule is Cc1c(C[C@H](CC#N)NC(=O)OC(C)(C)C)sc2c(N(Cc3ccco3)C(=O)OC(C)(C)C)cc(Cl)nc12. The molecule has 204 valence electrons. The smallest absolute Gasteiger partial charge is 0.415 e. The molecule has 38 heavy (non-hydrogen) atoms. The number of aromatic nitrogens is 1. The predicted molar refractivity (Wildman–Crippen MR) is 148 cm³/mol. The van der Waals surface area contributed by atoms with Gasteiger partial charge in [0.25, 0.3) is 0 Å². The minimum Gasteiger partial charge on any atom is -0.467 e. The van der Waals surface area contributed by atoms with Gasteiger partial charge in [-0.2, -0.15) is 5.26 Å². The number of aryl methyl sites for hydroxylation is 1. The van der Waals surface area contributed by atoms with Gasteiger partial charge in [-0.3, -0.25) is 4.90 Å². The van der Waals surface area contributed by atoms with Gasteiger partial charge in [0.1, 0.15) is 22.1 Å². The number of amides is 2. The second-order valence-corrected chi connectivity index (χ2v) is 12.3. The molecule has 0 bridgehead atoms. The number of hydrogen-bond donors (Lipinski definition) is 1. The molecule has 3 rings (SSSR count). The molecular weight excluding hydrogens is 528 g/mol. The summed E-state index contributed by atoms with van der Waals surface area (Å²) in [5, 5.41) is 12.4. The van der Waals surface area contributed by atoms with Gasteiger partial charge in [-0.15, -0.1) is 11.3 Å². The van der Waals surface area contributed by atoms with E-state index in [9.17, 15) is 14.9 Å². The second-order valence-electron chi connectivity index (χ2n) is 10.8. The van der Waals surface area contributed by atoms with Crippen molar-refractivity contribution in [1.82, 2.24) is 10.3 Å². The Morgan fingerprint density at radius 3 is 2.50 bits per heavy atom. The quantitative estimate of drug-likeness (QED) is 0.305. The number of carbonyl (C=O) groups is 2. The van der Waals surface area contributed by atoms with E-state index >= 15 is 0 Å². The van der Waals surface area contributed by atoms with Gasteiger partial charge in [0.05, 0.1) is 41.2 Å². The summed E-state index contributed by atoms with van der Waals surface area (Å²) in [5.41, 5.74) is 0.631. The number of pyridine rings is 1. The third kappa shape index (κ3) is 7.85. The molecule has 1 atom stereocenters. The molecule has 0 saturated heterocycles. The topological polar surface area (TPSA) is 118 Å². The van der Waals surface area contributed by atoms with Crippen LogP contribution in [0, 0.1) is 18.3 Å². The maximum Gasteiger partial charge on any atom is 0.415 e. The summed E-state index contributed by atoms with van der Waals surface area (Å²) >= 11 is 7.86. The monoisotopic (exact) mass is 560 g/mol. The van der Waals surface area contributed by atoms with E-state index in [1.165, 1.54) is 22.5 Å². The van der Waals surface area contributed by atoms with Crippen LogP contribution in [-0.4, -0.2) is 34.4 Å². The zero-order valence-corrected chi connectivity index (χ0v) is 24.2. The first-order valence-corrected chi connectivity index (χ1v) is 13.3. The lowest BCUT2D eigenvalue weighted by Gasteiger charge is -2.27. The molecule has 1 N–H and O–H groups in total. The van der Waals surface area contributed by atoms with E-state index in [2.05, 4.69) is 16.4 Å². The largest absolute Gasteiger partial charge is 0.467 e. The first-order valence-electron chi connectivity index (χ1n) is 12.1. The molecule has 3 heterocycles. The number of hydrogen-bond acceptors (Lipinski definition) is 8. The fourth-order valence-electron chi connectivity index (χ4n) is 3.68. The first-order chi connectivity index (χ1) is 17.7. The van der Waals surface area contributed by atoms with E-state index in [1.54, 1.807) is 59.7 Å². The average Bonchev–Trinajstić information content (AvgIpc) is 3.38. The summed E-state index contributed by atoms with van der Waals surface area (Å²) in [5.74, 6) is 0.570. The summed E-state index contributed by atoms with van der Waals surface area (Å²) in [6.07, 6.45) is 0.864. The summed E-state index contributed by atoms with van der Waals surface area (Å²) in [6, 6.07) is 6.80. The molecule has 0 spiro atoms. The Morgan fingerprint density at radius 1 is 1.24 bits per heavy atom. The molecular formula is C27H33ClN4O5S. The Balaban J connectivity index is 2.02. The number of anilines is 1. The fraction of sp³-hybridized carbons (Fsp3) is 0.481. The highest BCUT2D eigenvalue weighted by atomic mass is 35.5. The number of nitrogens with zero attached hydrogens (tertiary/aromatic N) is 3. The van der Waals surface area contributed by atoms with Crippen molar-refractivity contribution in [3.05, 3.63) is 45.8 Å². The average molecular weight is 561 g/mol. The Morgan fingerprint density at radius 2 is 1.92 bits per heavy atom. The lowest BCUT2D eigenvalue weighted by atomic mass is 10.1. The Labute approximate surface area is 231 Å². The van der Waals surface area contributed by atoms with Crippen LogP contribution >= 0.6 is 22.9 Å². The van der Waals surface area contributed by atoms with Gasteiger partial charge in [-0.1, -0.05) is 11.6 Å². The van der Waals surface area contributed by atoms with E-state index in [0.717, 1.165) is 15.1 Å². The molecule has 2 amide bonds. The standard InChI is InChI=1S/C27H33ClN4O5S/c1-16-20(13-17(10-11-29)30-24(33)36-26(2,3)4)38-23-19(14-21(28)31-22(16)23)32(15-18-9-8-12-35-18)25(34)37-27(5,6)7/h8-9,12,14,17H,10,13,15H2,1-7H3,(H,30,33)/t17-/m0/s1. The van der Waals surface area contributed by atoms with E-state index in [-0.39, 0.29) is 18.1 Å². The van der Waals surface area contributed by atoms with Gasteiger partial charge < -0.3 is 19.2 Å². The number of carbonyl (C=O) groups excluding carboxylic acids is 2. The Hall–Kier alpha value is -3.29. The Bertz CT molecular complexity index is 1330. The van der Waals surface area contributed by atoms with Crippen molar-refractivity contribution in [2.75, 3.05) is 4.90 Å². The van der Waals surface area contributed by atoms with E-state index in [0.29, 0.717) is 23.4 Å². The summed E-state index contributed by atoms with van der Waals surface area (Å²) in [7, 11) is 0. The number of thiophene rings is 1. The van der Waals surface area contributed by atoms with Crippen molar-refractivity contribution in [1.29, 1.82) is 5.26 Å². The molecule has 0 aromatic carbocycles. The van der Waals surface area contributed by atoms with Gasteiger partial charge in [-0.25, -0.2) is 14.6 Å². The molecule has 0 radical (unpaired) electrons. The first kappa shape index (κ1) is 29.3. The van der Waals surface area contributed by atoms with Gasteiger partial charge in [0.15, 0.2) is 0 Å². The van der Waals surface area contributed by atoms with Crippen LogP contribution in [0.15, 0.2) is 28.9 Å². The zero-order chi connectivity index (χ0) is 28.3. The van der Waals surface area contributed by atoms with Crippen molar-refractivity contribution < 1.29 is 23.5 Å². The molecule has 0 aliphatic heterocycles. The van der Waals surface area contributed by atoms with Gasteiger partial charge in [0, 0.05) is 23.4 Å². The molecule has 11 heteroatoms. The van der Waals surface area contributed by atoms with Gasteiger partial charge in [0.2, 0.25) is 0 Å². The molecule has 0 aliphatic rings. The molecule has 3 aromatic rings. The number of nitriles is 1. The maximum atomic E-state index is 13.3. The fourth-order valence-corrected chi connectivity index (χ4v) is 5.21. The number of ether oxygens (including phenoxy) is 2. The van der Waals surface area contributed by atoms with Crippen LogP contribution in [0.5, 0.6) is 0 Å². The van der Waals surface area contributed by atoms with E-state index < -0.39 is 29.4 Å². The number of rotatable bonds is 7. The number of alkyl carbamates (subject to hydrolysis) is 1. The third-order valence-electron chi connectivity index (χ3n) is 5.21. The van der Waals surface area contributed by atoms with Crippen LogP contribution in [-0.2, 0) is 22.4 Å². The Kier molecular flexibility index (Phi) is 8.95. The van der Waals surface area contributed by atoms with Crippen LogP contribution < -0.4 is 10.2 Å². The molecule has 3 aromatic heterocycles. The van der Waals surface area contributed by atoms with Crippen molar-refractivity contribution in [2.24, 2.45) is 0 Å². The van der Waals surface area contributed by atoms with Crippen molar-refractivity contribution in [2.45, 2.75) is 85.1 Å². The molecule has 0 unspecified atom stereocenters. The van der Waals surface area contributed by atoms with Crippen LogP contribution in [0.3, 0.4) is 0 Å². The summed E-state index contributed by atoms with van der Waals surface area (Å²) in [6.45, 7) is 12.8. The number of furan rings is 1. The van der Waals surface area contributed by atoms with Crippen LogP contribution in [0.4, 0.5) is 15.3 Å². The third-order valence-corrected chi connectivity index (χ3v) is 6.73.